The van der Waals surface area contributed by atoms with E-state index in [-0.39, 0.29) is 24.8 Å². The van der Waals surface area contributed by atoms with Gasteiger partial charge in [-0.1, -0.05) is 36.4 Å². The van der Waals surface area contributed by atoms with Crippen LogP contribution in [0.1, 0.15) is 28.4 Å². The van der Waals surface area contributed by atoms with Crippen molar-refractivity contribution in [1.29, 1.82) is 0 Å². The topological polar surface area (TPSA) is 93.7 Å². The lowest BCUT2D eigenvalue weighted by Crippen LogP contribution is -2.23. The Labute approximate surface area is 196 Å². The number of para-hydroxylation sites is 1. The van der Waals surface area contributed by atoms with Gasteiger partial charge in [0.2, 0.25) is 5.91 Å². The third-order valence-electron chi connectivity index (χ3n) is 4.61. The number of benzene rings is 3. The molecule has 0 aliphatic rings. The molecule has 8 heteroatoms. The van der Waals surface area contributed by atoms with E-state index in [0.29, 0.717) is 22.4 Å². The highest BCUT2D eigenvalue weighted by molar-refractivity contribution is 6.02. The molecule has 0 atom stereocenters. The highest BCUT2D eigenvalue weighted by atomic mass is 19.1. The zero-order valence-electron chi connectivity index (χ0n) is 18.4. The Morgan fingerprint density at radius 3 is 2.38 bits per heavy atom. The number of amides is 2. The summed E-state index contributed by atoms with van der Waals surface area (Å²) in [6.45, 7) is 2.03. The van der Waals surface area contributed by atoms with Crippen LogP contribution in [0.3, 0.4) is 0 Å². The van der Waals surface area contributed by atoms with Crippen LogP contribution in [0.2, 0.25) is 0 Å². The van der Waals surface area contributed by atoms with Crippen LogP contribution in [0, 0.1) is 5.82 Å². The fourth-order valence-corrected chi connectivity index (χ4v) is 2.94. The third-order valence-corrected chi connectivity index (χ3v) is 4.61. The van der Waals surface area contributed by atoms with E-state index < -0.39 is 17.9 Å². The SMILES string of the molecule is CCOC(=O)Oc1ccc(C(=O)NCc2ccccc2NC(=O)/C=C/c2ccccc2F)cc1. The van der Waals surface area contributed by atoms with Gasteiger partial charge in [0.25, 0.3) is 5.91 Å². The van der Waals surface area contributed by atoms with Crippen LogP contribution in [0.4, 0.5) is 14.9 Å². The quantitative estimate of drug-likeness (QED) is 0.281. The molecule has 2 N–H and O–H groups in total. The zero-order valence-corrected chi connectivity index (χ0v) is 18.4. The molecule has 0 bridgehead atoms. The number of hydrogen-bond donors (Lipinski definition) is 2. The fraction of sp³-hybridized carbons (Fsp3) is 0.115. The summed E-state index contributed by atoms with van der Waals surface area (Å²) < 4.78 is 23.4. The van der Waals surface area contributed by atoms with Gasteiger partial charge in [0.05, 0.1) is 6.61 Å². The molecule has 0 saturated heterocycles. The Morgan fingerprint density at radius 2 is 1.65 bits per heavy atom. The Hall–Kier alpha value is -4.46. The van der Waals surface area contributed by atoms with Crippen LogP contribution in [0.15, 0.2) is 78.9 Å². The van der Waals surface area contributed by atoms with E-state index in [1.807, 2.05) is 0 Å². The minimum Gasteiger partial charge on any atom is -0.434 e. The standard InChI is InChI=1S/C26H23FN2O5/c1-2-33-26(32)34-21-14-11-19(12-15-21)25(31)28-17-20-8-4-6-10-23(20)29-24(30)16-13-18-7-3-5-9-22(18)27/h3-16H,2,17H2,1H3,(H,28,31)(H,29,30)/b16-13+. The molecule has 0 aliphatic carbocycles. The molecule has 3 rings (SSSR count). The van der Waals surface area contributed by atoms with Gasteiger partial charge in [-0.3, -0.25) is 9.59 Å². The first-order valence-electron chi connectivity index (χ1n) is 10.5. The second kappa shape index (κ2) is 12.0. The molecule has 0 unspecified atom stereocenters. The van der Waals surface area contributed by atoms with Crippen molar-refractivity contribution >= 4 is 29.7 Å². The van der Waals surface area contributed by atoms with Gasteiger partial charge in [-0.15, -0.1) is 0 Å². The van der Waals surface area contributed by atoms with Crippen molar-refractivity contribution in [3.8, 4) is 5.75 Å². The van der Waals surface area contributed by atoms with Crippen molar-refractivity contribution in [1.82, 2.24) is 5.32 Å². The Balaban J connectivity index is 1.58. The number of hydrogen-bond acceptors (Lipinski definition) is 5. The first-order chi connectivity index (χ1) is 16.5. The van der Waals surface area contributed by atoms with Gasteiger partial charge < -0.3 is 20.1 Å². The summed E-state index contributed by atoms with van der Waals surface area (Å²) >= 11 is 0. The van der Waals surface area contributed by atoms with Crippen LogP contribution in [0.5, 0.6) is 5.75 Å². The molecule has 3 aromatic rings. The largest absolute Gasteiger partial charge is 0.513 e. The predicted molar refractivity (Wildman–Crippen MR) is 126 cm³/mol. The average Bonchev–Trinajstić information content (AvgIpc) is 2.83. The van der Waals surface area contributed by atoms with E-state index in [4.69, 9.17) is 9.47 Å². The summed E-state index contributed by atoms with van der Waals surface area (Å²) in [5, 5.41) is 5.52. The molecule has 0 fully saturated rings. The molecule has 7 nitrogen and oxygen atoms in total. The number of carbonyl (C=O) groups excluding carboxylic acids is 3. The molecule has 0 radical (unpaired) electrons. The Bertz CT molecular complexity index is 1190. The number of carbonyl (C=O) groups is 3. The highest BCUT2D eigenvalue weighted by Gasteiger charge is 2.10. The molecule has 0 heterocycles. The van der Waals surface area contributed by atoms with Gasteiger partial charge >= 0.3 is 6.16 Å². The smallest absolute Gasteiger partial charge is 0.434 e. The minimum atomic E-state index is -0.817. The molecule has 2 amide bonds. The van der Waals surface area contributed by atoms with Gasteiger partial charge in [-0.25, -0.2) is 9.18 Å². The molecular formula is C26H23FN2O5. The first kappa shape index (κ1) is 24.2. The van der Waals surface area contributed by atoms with E-state index in [1.54, 1.807) is 49.4 Å². The van der Waals surface area contributed by atoms with Gasteiger partial charge in [0, 0.05) is 29.4 Å². The Kier molecular flexibility index (Phi) is 8.51. The second-order valence-electron chi connectivity index (χ2n) is 6.99. The van der Waals surface area contributed by atoms with E-state index in [9.17, 15) is 18.8 Å². The maximum atomic E-state index is 13.7. The van der Waals surface area contributed by atoms with E-state index in [0.717, 1.165) is 0 Å². The van der Waals surface area contributed by atoms with E-state index in [2.05, 4.69) is 10.6 Å². The lowest BCUT2D eigenvalue weighted by Gasteiger charge is -2.11. The van der Waals surface area contributed by atoms with Gasteiger partial charge in [-0.2, -0.15) is 0 Å². The number of rotatable bonds is 8. The van der Waals surface area contributed by atoms with Crippen LogP contribution in [-0.2, 0) is 16.1 Å². The number of ether oxygens (including phenoxy) is 2. The van der Waals surface area contributed by atoms with Crippen LogP contribution < -0.4 is 15.4 Å². The molecule has 0 spiro atoms. The zero-order chi connectivity index (χ0) is 24.3. The van der Waals surface area contributed by atoms with Crippen molar-refractivity contribution in [3.63, 3.8) is 0 Å². The summed E-state index contributed by atoms with van der Waals surface area (Å²) in [7, 11) is 0. The van der Waals surface area contributed by atoms with E-state index in [1.165, 1.54) is 42.5 Å². The highest BCUT2D eigenvalue weighted by Crippen LogP contribution is 2.17. The summed E-state index contributed by atoms with van der Waals surface area (Å²) in [5.74, 6) is -0.941. The molecular weight excluding hydrogens is 439 g/mol. The average molecular weight is 462 g/mol. The monoisotopic (exact) mass is 462 g/mol. The minimum absolute atomic E-state index is 0.160. The summed E-state index contributed by atoms with van der Waals surface area (Å²) in [4.78, 5) is 36.2. The van der Waals surface area contributed by atoms with Crippen LogP contribution >= 0.6 is 0 Å². The van der Waals surface area contributed by atoms with Gasteiger partial charge in [0.15, 0.2) is 0 Å². The third kappa shape index (κ3) is 7.03. The number of nitrogens with one attached hydrogen (secondary N) is 2. The van der Waals surface area contributed by atoms with Gasteiger partial charge in [-0.05, 0) is 55.0 Å². The van der Waals surface area contributed by atoms with Crippen molar-refractivity contribution in [2.75, 3.05) is 11.9 Å². The normalized spacial score (nSPS) is 10.5. The van der Waals surface area contributed by atoms with Crippen molar-refractivity contribution in [2.24, 2.45) is 0 Å². The van der Waals surface area contributed by atoms with Crippen LogP contribution in [0.25, 0.3) is 6.08 Å². The molecule has 0 aliphatic heterocycles. The van der Waals surface area contributed by atoms with Crippen molar-refractivity contribution in [2.45, 2.75) is 13.5 Å². The number of anilines is 1. The molecule has 0 saturated carbocycles. The number of halogens is 1. The summed E-state index contributed by atoms with van der Waals surface area (Å²) in [6.07, 6.45) is 1.82. The Morgan fingerprint density at radius 1 is 0.941 bits per heavy atom. The molecule has 0 aromatic heterocycles. The second-order valence-corrected chi connectivity index (χ2v) is 6.99. The van der Waals surface area contributed by atoms with Gasteiger partial charge in [0.1, 0.15) is 11.6 Å². The fourth-order valence-electron chi connectivity index (χ4n) is 2.94. The molecule has 174 valence electrons. The summed E-state index contributed by atoms with van der Waals surface area (Å²) in [6, 6.07) is 19.2. The maximum Gasteiger partial charge on any atom is 0.513 e. The van der Waals surface area contributed by atoms with Crippen LogP contribution in [-0.4, -0.2) is 24.6 Å². The summed E-state index contributed by atoms with van der Waals surface area (Å²) in [5.41, 5.74) is 1.87. The van der Waals surface area contributed by atoms with Crippen molar-refractivity contribution in [3.05, 3.63) is 101 Å². The van der Waals surface area contributed by atoms with E-state index >= 15 is 0 Å². The lowest BCUT2D eigenvalue weighted by molar-refractivity contribution is -0.111. The molecule has 34 heavy (non-hydrogen) atoms. The van der Waals surface area contributed by atoms with Crippen molar-refractivity contribution < 1.29 is 28.2 Å². The predicted octanol–water partition coefficient (Wildman–Crippen LogP) is 4.94. The first-order valence-corrected chi connectivity index (χ1v) is 10.5. The molecule has 3 aromatic carbocycles. The lowest BCUT2D eigenvalue weighted by atomic mass is 10.1. The maximum absolute atomic E-state index is 13.7.